The van der Waals surface area contributed by atoms with Crippen LogP contribution in [0.4, 0.5) is 0 Å². The van der Waals surface area contributed by atoms with Crippen molar-refractivity contribution in [3.63, 3.8) is 0 Å². The molecule has 1 amide bonds. The van der Waals surface area contributed by atoms with Crippen LogP contribution in [-0.2, 0) is 9.59 Å². The van der Waals surface area contributed by atoms with Crippen molar-refractivity contribution in [1.82, 2.24) is 4.90 Å². The molecule has 1 aliphatic heterocycles. The first kappa shape index (κ1) is 10.8. The number of carbonyl (C=O) groups excluding carboxylic acids is 1. The molecule has 0 aromatic rings. The molecule has 1 saturated heterocycles. The van der Waals surface area contributed by atoms with Gasteiger partial charge in [-0.2, -0.15) is 0 Å². The zero-order chi connectivity index (χ0) is 10.8. The van der Waals surface area contributed by atoms with Crippen molar-refractivity contribution in [2.45, 2.75) is 37.0 Å². The summed E-state index contributed by atoms with van der Waals surface area (Å²) in [6.45, 7) is 0.392. The summed E-state index contributed by atoms with van der Waals surface area (Å²) in [5, 5.41) is 8.50. The summed E-state index contributed by atoms with van der Waals surface area (Å²) in [4.78, 5) is 24.3. The number of carbonyl (C=O) groups is 2. The molecule has 2 fully saturated rings. The third-order valence-electron chi connectivity index (χ3n) is 3.13. The number of nitrogens with zero attached hydrogens (tertiary/aromatic N) is 1. The van der Waals surface area contributed by atoms with Crippen LogP contribution in [0.2, 0.25) is 0 Å². The molecule has 4 nitrogen and oxygen atoms in total. The Kier molecular flexibility index (Phi) is 3.19. The lowest BCUT2D eigenvalue weighted by atomic mass is 10.2. The van der Waals surface area contributed by atoms with Crippen molar-refractivity contribution in [3.05, 3.63) is 0 Å². The second-order valence-electron chi connectivity index (χ2n) is 4.12. The van der Waals surface area contributed by atoms with E-state index in [2.05, 4.69) is 0 Å². The van der Waals surface area contributed by atoms with E-state index >= 15 is 0 Å². The molecule has 0 aromatic carbocycles. The lowest BCUT2D eigenvalue weighted by Crippen LogP contribution is -2.49. The number of rotatable bonds is 2. The molecule has 1 aliphatic carbocycles. The van der Waals surface area contributed by atoms with Gasteiger partial charge in [0.1, 0.15) is 5.25 Å². The van der Waals surface area contributed by atoms with Crippen LogP contribution in [0.15, 0.2) is 0 Å². The first-order valence-corrected chi connectivity index (χ1v) is 6.37. The molecule has 0 radical (unpaired) electrons. The van der Waals surface area contributed by atoms with Gasteiger partial charge in [-0.25, -0.2) is 0 Å². The SMILES string of the molecule is O=C(O)C1CN(C2CCCC2)C(=O)CS1. The Morgan fingerprint density at radius 3 is 2.67 bits per heavy atom. The normalized spacial score (nSPS) is 28.4. The molecule has 2 rings (SSSR count). The lowest BCUT2D eigenvalue weighted by Gasteiger charge is -2.34. The Labute approximate surface area is 93.0 Å². The van der Waals surface area contributed by atoms with Gasteiger partial charge in [-0.3, -0.25) is 9.59 Å². The maximum atomic E-state index is 11.7. The van der Waals surface area contributed by atoms with Gasteiger partial charge >= 0.3 is 5.97 Å². The van der Waals surface area contributed by atoms with Crippen molar-refractivity contribution in [3.8, 4) is 0 Å². The van der Waals surface area contributed by atoms with Crippen LogP contribution in [0, 0.1) is 0 Å². The highest BCUT2D eigenvalue weighted by Gasteiger charge is 2.35. The van der Waals surface area contributed by atoms with E-state index < -0.39 is 11.2 Å². The van der Waals surface area contributed by atoms with Crippen LogP contribution in [0.25, 0.3) is 0 Å². The largest absolute Gasteiger partial charge is 0.480 e. The summed E-state index contributed by atoms with van der Waals surface area (Å²) in [5.41, 5.74) is 0. The number of carboxylic acid groups (broad SMARTS) is 1. The van der Waals surface area contributed by atoms with Gasteiger partial charge < -0.3 is 10.0 Å². The van der Waals surface area contributed by atoms with Crippen molar-refractivity contribution in [1.29, 1.82) is 0 Å². The topological polar surface area (TPSA) is 57.6 Å². The highest BCUT2D eigenvalue weighted by molar-refractivity contribution is 8.01. The third-order valence-corrected chi connectivity index (χ3v) is 4.30. The zero-order valence-corrected chi connectivity index (χ0v) is 9.33. The minimum atomic E-state index is -0.796. The van der Waals surface area contributed by atoms with Gasteiger partial charge in [-0.05, 0) is 12.8 Å². The molecule has 5 heteroatoms. The average Bonchev–Trinajstić information content (AvgIpc) is 2.71. The van der Waals surface area contributed by atoms with E-state index in [0.29, 0.717) is 18.3 Å². The van der Waals surface area contributed by atoms with E-state index in [1.807, 2.05) is 0 Å². The van der Waals surface area contributed by atoms with Crippen LogP contribution in [0.5, 0.6) is 0 Å². The summed E-state index contributed by atoms with van der Waals surface area (Å²) < 4.78 is 0. The van der Waals surface area contributed by atoms with E-state index in [1.165, 1.54) is 24.6 Å². The van der Waals surface area contributed by atoms with Crippen LogP contribution in [-0.4, -0.2) is 45.5 Å². The monoisotopic (exact) mass is 229 g/mol. The molecule has 1 heterocycles. The van der Waals surface area contributed by atoms with Crippen molar-refractivity contribution >= 4 is 23.6 Å². The molecule has 2 aliphatic rings. The van der Waals surface area contributed by atoms with E-state index in [4.69, 9.17) is 5.11 Å². The summed E-state index contributed by atoms with van der Waals surface area (Å²) in [6.07, 6.45) is 4.42. The number of amides is 1. The molecule has 0 bridgehead atoms. The van der Waals surface area contributed by atoms with E-state index in [0.717, 1.165) is 12.8 Å². The number of hydrogen-bond donors (Lipinski definition) is 1. The number of thioether (sulfide) groups is 1. The highest BCUT2D eigenvalue weighted by Crippen LogP contribution is 2.28. The zero-order valence-electron chi connectivity index (χ0n) is 8.52. The fraction of sp³-hybridized carbons (Fsp3) is 0.800. The fourth-order valence-electron chi connectivity index (χ4n) is 2.31. The molecule has 1 saturated carbocycles. The minimum absolute atomic E-state index is 0.115. The summed E-state index contributed by atoms with van der Waals surface area (Å²) >= 11 is 1.25. The maximum Gasteiger partial charge on any atom is 0.318 e. The summed E-state index contributed by atoms with van der Waals surface area (Å²) in [6, 6.07) is 0.306. The van der Waals surface area contributed by atoms with Gasteiger partial charge in [0.25, 0.3) is 0 Å². The van der Waals surface area contributed by atoms with Crippen LogP contribution in [0.1, 0.15) is 25.7 Å². The van der Waals surface area contributed by atoms with E-state index in [-0.39, 0.29) is 5.91 Å². The van der Waals surface area contributed by atoms with Gasteiger partial charge in [0.05, 0.1) is 5.75 Å². The second-order valence-corrected chi connectivity index (χ2v) is 5.31. The van der Waals surface area contributed by atoms with Crippen molar-refractivity contribution in [2.75, 3.05) is 12.3 Å². The molecule has 1 atom stereocenters. The molecule has 0 spiro atoms. The highest BCUT2D eigenvalue weighted by atomic mass is 32.2. The van der Waals surface area contributed by atoms with Gasteiger partial charge in [0, 0.05) is 12.6 Å². The predicted octanol–water partition coefficient (Wildman–Crippen LogP) is 0.958. The van der Waals surface area contributed by atoms with E-state index in [1.54, 1.807) is 4.90 Å². The van der Waals surface area contributed by atoms with Crippen LogP contribution < -0.4 is 0 Å². The molecular weight excluding hydrogens is 214 g/mol. The predicted molar refractivity (Wildman–Crippen MR) is 57.9 cm³/mol. The standard InChI is InChI=1S/C10H15NO3S/c12-9-6-15-8(10(13)14)5-11(9)7-3-1-2-4-7/h7-8H,1-6H2,(H,13,14). The minimum Gasteiger partial charge on any atom is -0.480 e. The second kappa shape index (κ2) is 4.43. The van der Waals surface area contributed by atoms with Gasteiger partial charge in [-0.1, -0.05) is 12.8 Å². The first-order valence-electron chi connectivity index (χ1n) is 5.32. The number of carboxylic acids is 1. The van der Waals surface area contributed by atoms with Gasteiger partial charge in [-0.15, -0.1) is 11.8 Å². The van der Waals surface area contributed by atoms with Crippen LogP contribution >= 0.6 is 11.8 Å². The Balaban J connectivity index is 2.01. The molecule has 1 N–H and O–H groups in total. The number of aliphatic carboxylic acids is 1. The first-order chi connectivity index (χ1) is 7.18. The molecular formula is C10H15NO3S. The Bertz CT molecular complexity index is 276. The third kappa shape index (κ3) is 2.27. The smallest absolute Gasteiger partial charge is 0.318 e. The average molecular weight is 229 g/mol. The lowest BCUT2D eigenvalue weighted by molar-refractivity contribution is -0.138. The van der Waals surface area contributed by atoms with E-state index in [9.17, 15) is 9.59 Å². The quantitative estimate of drug-likeness (QED) is 0.766. The van der Waals surface area contributed by atoms with Gasteiger partial charge in [0.15, 0.2) is 0 Å². The van der Waals surface area contributed by atoms with Crippen LogP contribution in [0.3, 0.4) is 0 Å². The Hall–Kier alpha value is -0.710. The molecule has 0 aromatic heterocycles. The summed E-state index contributed by atoms with van der Waals surface area (Å²) in [7, 11) is 0. The number of hydrogen-bond acceptors (Lipinski definition) is 3. The molecule has 84 valence electrons. The van der Waals surface area contributed by atoms with Crippen molar-refractivity contribution in [2.24, 2.45) is 0 Å². The summed E-state index contributed by atoms with van der Waals surface area (Å²) in [5.74, 6) is -0.354. The Morgan fingerprint density at radius 1 is 1.40 bits per heavy atom. The van der Waals surface area contributed by atoms with Crippen molar-refractivity contribution < 1.29 is 14.7 Å². The fourth-order valence-corrected chi connectivity index (χ4v) is 3.22. The molecule has 1 unspecified atom stereocenters. The van der Waals surface area contributed by atoms with Gasteiger partial charge in [0.2, 0.25) is 5.91 Å². The Morgan fingerprint density at radius 2 is 2.07 bits per heavy atom. The molecule has 15 heavy (non-hydrogen) atoms. The maximum absolute atomic E-state index is 11.7.